The molecule has 0 spiro atoms. The molecule has 0 aromatic heterocycles. The van der Waals surface area contributed by atoms with Crippen molar-refractivity contribution < 1.29 is 9.90 Å². The van der Waals surface area contributed by atoms with Crippen LogP contribution in [-0.4, -0.2) is 11.1 Å². The van der Waals surface area contributed by atoms with Crippen molar-refractivity contribution in [1.29, 1.82) is 0 Å². The second-order valence-electron chi connectivity index (χ2n) is 11.1. The molecule has 1 aliphatic carbocycles. The number of hydrogen-bond donors (Lipinski definition) is 1. The van der Waals surface area contributed by atoms with Crippen molar-refractivity contribution >= 4 is 17.6 Å². The van der Waals surface area contributed by atoms with Gasteiger partial charge >= 0.3 is 5.97 Å². The molecule has 0 heterocycles. The van der Waals surface area contributed by atoms with E-state index in [0.717, 1.165) is 12.0 Å². The minimum atomic E-state index is -0.884. The van der Waals surface area contributed by atoms with Gasteiger partial charge in [0, 0.05) is 0 Å². The Labute approximate surface area is 201 Å². The fourth-order valence-electron chi connectivity index (χ4n) is 5.62. The van der Waals surface area contributed by atoms with E-state index in [1.165, 1.54) is 59.9 Å². The lowest BCUT2D eigenvalue weighted by atomic mass is 9.71. The number of aryl methyl sites for hydroxylation is 1. The summed E-state index contributed by atoms with van der Waals surface area (Å²) in [5, 5.41) is 9.20. The number of aromatic carboxylic acids is 1. The number of carboxylic acid groups (broad SMARTS) is 1. The zero-order valence-electron chi connectivity index (χ0n) is 21.7. The number of carboxylic acids is 1. The van der Waals surface area contributed by atoms with Gasteiger partial charge in [0.1, 0.15) is 0 Å². The summed E-state index contributed by atoms with van der Waals surface area (Å²) >= 11 is 0. The molecule has 2 heteroatoms. The average molecular weight is 447 g/mol. The first-order valence-corrected chi connectivity index (χ1v) is 12.7. The number of rotatable bonds is 9. The van der Waals surface area contributed by atoms with Crippen molar-refractivity contribution in [1.82, 2.24) is 0 Å². The van der Waals surface area contributed by atoms with Crippen LogP contribution in [0.5, 0.6) is 0 Å². The Morgan fingerprint density at radius 2 is 1.52 bits per heavy atom. The van der Waals surface area contributed by atoms with E-state index in [0.29, 0.717) is 11.5 Å². The van der Waals surface area contributed by atoms with Gasteiger partial charge in [-0.3, -0.25) is 0 Å². The van der Waals surface area contributed by atoms with Gasteiger partial charge in [0.15, 0.2) is 0 Å². The van der Waals surface area contributed by atoms with E-state index < -0.39 is 5.97 Å². The maximum Gasteiger partial charge on any atom is 0.335 e. The van der Waals surface area contributed by atoms with Crippen molar-refractivity contribution in [3.63, 3.8) is 0 Å². The van der Waals surface area contributed by atoms with Crippen molar-refractivity contribution in [3.05, 3.63) is 69.8 Å². The number of hydrogen-bond acceptors (Lipinski definition) is 1. The molecule has 0 bridgehead atoms. The van der Waals surface area contributed by atoms with E-state index >= 15 is 0 Å². The molecule has 0 fully saturated rings. The molecule has 33 heavy (non-hydrogen) atoms. The molecule has 1 N–H and O–H groups in total. The fraction of sp³-hybridized carbons (Fsp3) is 0.516. The Bertz CT molecular complexity index is 1020. The molecule has 0 saturated heterocycles. The maximum absolute atomic E-state index is 11.2. The van der Waals surface area contributed by atoms with Crippen LogP contribution >= 0.6 is 0 Å². The number of unbranched alkanes of at least 4 members (excludes halogenated alkanes) is 4. The summed E-state index contributed by atoms with van der Waals surface area (Å²) in [5.74, 6) is -0.314. The third-order valence-electron chi connectivity index (χ3n) is 8.31. The molecule has 2 nitrogen and oxygen atoms in total. The monoisotopic (exact) mass is 446 g/mol. The molecular formula is C31H42O2. The number of carbonyl (C=O) groups is 1. The summed E-state index contributed by atoms with van der Waals surface area (Å²) in [6, 6.07) is 12.2. The van der Waals surface area contributed by atoms with Crippen molar-refractivity contribution in [2.45, 2.75) is 97.8 Å². The Morgan fingerprint density at radius 1 is 0.939 bits per heavy atom. The van der Waals surface area contributed by atoms with Gasteiger partial charge in [-0.15, -0.1) is 0 Å². The summed E-state index contributed by atoms with van der Waals surface area (Å²) in [5.41, 5.74) is 8.73. The standard InChI is InChI=1S/C31H42O2/c1-8-9-10-11-12-13-25-19-27-28(31(6,7)22(3)30(27,4)5)20-26(25)21(2)18-23-14-16-24(17-15-23)29(32)33/h14-20,22H,8-13H2,1-7H3,(H,32,33)/b21-18+. The normalized spacial score (nSPS) is 18.9. The zero-order chi connectivity index (χ0) is 24.4. The second kappa shape index (κ2) is 9.87. The molecule has 0 saturated carbocycles. The van der Waals surface area contributed by atoms with Gasteiger partial charge in [-0.2, -0.15) is 0 Å². The first-order chi connectivity index (χ1) is 15.5. The topological polar surface area (TPSA) is 37.3 Å². The van der Waals surface area contributed by atoms with Crippen LogP contribution in [0.4, 0.5) is 0 Å². The first-order valence-electron chi connectivity index (χ1n) is 12.7. The summed E-state index contributed by atoms with van der Waals surface area (Å²) in [6.07, 6.45) is 9.73. The van der Waals surface area contributed by atoms with Gasteiger partial charge in [-0.05, 0) is 82.0 Å². The van der Waals surface area contributed by atoms with Crippen LogP contribution in [0.1, 0.15) is 119 Å². The molecule has 1 aliphatic rings. The van der Waals surface area contributed by atoms with Crippen LogP contribution in [0, 0.1) is 5.92 Å². The highest BCUT2D eigenvalue weighted by molar-refractivity contribution is 5.88. The third kappa shape index (κ3) is 5.10. The van der Waals surface area contributed by atoms with Gasteiger partial charge in [0.05, 0.1) is 5.56 Å². The van der Waals surface area contributed by atoms with E-state index in [-0.39, 0.29) is 10.8 Å². The molecule has 1 atom stereocenters. The number of fused-ring (bicyclic) bond motifs is 1. The maximum atomic E-state index is 11.2. The highest BCUT2D eigenvalue weighted by Gasteiger charge is 2.48. The van der Waals surface area contributed by atoms with E-state index in [1.54, 1.807) is 12.1 Å². The van der Waals surface area contributed by atoms with E-state index in [9.17, 15) is 9.90 Å². The minimum absolute atomic E-state index is 0.136. The van der Waals surface area contributed by atoms with Gasteiger partial charge in [0.25, 0.3) is 0 Å². The van der Waals surface area contributed by atoms with Crippen molar-refractivity contribution in [3.8, 4) is 0 Å². The lowest BCUT2D eigenvalue weighted by Crippen LogP contribution is -2.30. The quantitative estimate of drug-likeness (QED) is 0.309. The van der Waals surface area contributed by atoms with Gasteiger partial charge in [-0.25, -0.2) is 4.79 Å². The predicted octanol–water partition coefficient (Wildman–Crippen LogP) is 8.66. The van der Waals surface area contributed by atoms with Crippen LogP contribution in [-0.2, 0) is 17.3 Å². The largest absolute Gasteiger partial charge is 0.478 e. The lowest BCUT2D eigenvalue weighted by Gasteiger charge is -2.32. The van der Waals surface area contributed by atoms with Gasteiger partial charge in [-0.1, -0.05) is 97.6 Å². The molecule has 178 valence electrons. The summed E-state index contributed by atoms with van der Waals surface area (Å²) in [7, 11) is 0. The highest BCUT2D eigenvalue weighted by Crippen LogP contribution is 2.54. The molecule has 2 aromatic carbocycles. The van der Waals surface area contributed by atoms with E-state index in [2.05, 4.69) is 66.7 Å². The summed E-state index contributed by atoms with van der Waals surface area (Å²) < 4.78 is 0. The summed E-state index contributed by atoms with van der Waals surface area (Å²) in [6.45, 7) is 16.5. The highest BCUT2D eigenvalue weighted by atomic mass is 16.4. The molecule has 0 aliphatic heterocycles. The van der Waals surface area contributed by atoms with Crippen LogP contribution in [0.15, 0.2) is 36.4 Å². The first kappa shape index (κ1) is 25.3. The van der Waals surface area contributed by atoms with E-state index in [1.807, 2.05) is 12.1 Å². The van der Waals surface area contributed by atoms with Crippen molar-refractivity contribution in [2.75, 3.05) is 0 Å². The molecular weight excluding hydrogens is 404 g/mol. The van der Waals surface area contributed by atoms with E-state index in [4.69, 9.17) is 0 Å². The Balaban J connectivity index is 2.02. The zero-order valence-corrected chi connectivity index (χ0v) is 21.7. The molecule has 3 rings (SSSR count). The fourth-order valence-corrected chi connectivity index (χ4v) is 5.62. The average Bonchev–Trinajstić information content (AvgIpc) is 2.90. The summed E-state index contributed by atoms with van der Waals surface area (Å²) in [4.78, 5) is 11.2. The number of allylic oxidation sites excluding steroid dienone is 1. The smallest absolute Gasteiger partial charge is 0.335 e. The Morgan fingerprint density at radius 3 is 2.09 bits per heavy atom. The molecule has 0 amide bonds. The van der Waals surface area contributed by atoms with Crippen LogP contribution in [0.25, 0.3) is 11.6 Å². The molecule has 2 aromatic rings. The van der Waals surface area contributed by atoms with Gasteiger partial charge < -0.3 is 5.11 Å². The molecule has 0 radical (unpaired) electrons. The van der Waals surface area contributed by atoms with Crippen molar-refractivity contribution in [2.24, 2.45) is 5.92 Å². The molecule has 1 unspecified atom stereocenters. The Hall–Kier alpha value is -2.35. The number of benzene rings is 2. The third-order valence-corrected chi connectivity index (χ3v) is 8.31. The van der Waals surface area contributed by atoms with Gasteiger partial charge in [0.2, 0.25) is 0 Å². The van der Waals surface area contributed by atoms with Crippen LogP contribution in [0.3, 0.4) is 0 Å². The predicted molar refractivity (Wildman–Crippen MR) is 141 cm³/mol. The Kier molecular flexibility index (Phi) is 7.56. The second-order valence-corrected chi connectivity index (χ2v) is 11.1. The lowest BCUT2D eigenvalue weighted by molar-refractivity contribution is 0.0697. The minimum Gasteiger partial charge on any atom is -0.478 e. The SMILES string of the molecule is CCCCCCCc1cc2c(cc1/C(C)=C/c1ccc(C(=O)O)cc1)C(C)(C)C(C)C2(C)C. The van der Waals surface area contributed by atoms with Crippen LogP contribution in [0.2, 0.25) is 0 Å². The van der Waals surface area contributed by atoms with Crippen LogP contribution < -0.4 is 0 Å².